The van der Waals surface area contributed by atoms with Gasteiger partial charge in [-0.05, 0) is 19.4 Å². The molecule has 2 rings (SSSR count). The Balaban J connectivity index is 1.85. The van der Waals surface area contributed by atoms with Crippen molar-refractivity contribution in [1.29, 1.82) is 0 Å². The van der Waals surface area contributed by atoms with E-state index in [1.54, 1.807) is 11.9 Å². The molecule has 0 radical (unpaired) electrons. The van der Waals surface area contributed by atoms with Crippen molar-refractivity contribution in [3.05, 3.63) is 0 Å². The van der Waals surface area contributed by atoms with Gasteiger partial charge in [0.05, 0.1) is 11.5 Å². The van der Waals surface area contributed by atoms with Crippen LogP contribution in [0, 0.1) is 5.92 Å². The first-order chi connectivity index (χ1) is 8.61. The van der Waals surface area contributed by atoms with Crippen LogP contribution in [0.1, 0.15) is 25.7 Å². The average molecular weight is 256 g/mol. The van der Waals surface area contributed by atoms with Crippen molar-refractivity contribution in [3.8, 4) is 0 Å². The van der Waals surface area contributed by atoms with Crippen LogP contribution in [-0.4, -0.2) is 61.4 Å². The first kappa shape index (κ1) is 13.8. The average Bonchev–Trinajstić information content (AvgIpc) is 2.39. The van der Waals surface area contributed by atoms with Gasteiger partial charge in [-0.1, -0.05) is 0 Å². The number of piperidine rings is 1. The maximum atomic E-state index is 12.3. The zero-order valence-corrected chi connectivity index (χ0v) is 11.2. The topological polar surface area (TPSA) is 61.8 Å². The normalized spacial score (nSPS) is 27.8. The molecule has 0 aliphatic carbocycles. The van der Waals surface area contributed by atoms with Crippen LogP contribution in [0.25, 0.3) is 0 Å². The fraction of sp³-hybridized carbons (Fsp3) is 0.923. The number of hydrogen-bond acceptors (Lipinski definition) is 4. The van der Waals surface area contributed by atoms with E-state index in [0.717, 1.165) is 25.9 Å². The molecule has 2 aliphatic heterocycles. The summed E-state index contributed by atoms with van der Waals surface area (Å²) in [5, 5.41) is 13.7. The summed E-state index contributed by atoms with van der Waals surface area (Å²) in [7, 11) is 1.80. The van der Waals surface area contributed by atoms with Gasteiger partial charge in [-0.25, -0.2) is 0 Å². The first-order valence-corrected chi connectivity index (χ1v) is 6.87. The van der Waals surface area contributed by atoms with E-state index >= 15 is 0 Å². The summed E-state index contributed by atoms with van der Waals surface area (Å²) in [5.41, 5.74) is -0.759. The molecule has 0 aromatic heterocycles. The summed E-state index contributed by atoms with van der Waals surface area (Å²) in [6.45, 7) is 3.37. The Hall–Kier alpha value is -0.650. The van der Waals surface area contributed by atoms with Crippen molar-refractivity contribution in [1.82, 2.24) is 10.2 Å². The highest BCUT2D eigenvalue weighted by Crippen LogP contribution is 2.22. The molecule has 0 saturated carbocycles. The second-order valence-electron chi connectivity index (χ2n) is 5.57. The van der Waals surface area contributed by atoms with Gasteiger partial charge in [0.1, 0.15) is 0 Å². The van der Waals surface area contributed by atoms with E-state index in [9.17, 15) is 9.90 Å². The van der Waals surface area contributed by atoms with Gasteiger partial charge in [-0.2, -0.15) is 0 Å². The Bertz CT molecular complexity index is 284. The Morgan fingerprint density at radius 1 is 1.50 bits per heavy atom. The van der Waals surface area contributed by atoms with Crippen molar-refractivity contribution in [3.63, 3.8) is 0 Å². The van der Waals surface area contributed by atoms with Crippen molar-refractivity contribution in [2.75, 3.05) is 39.9 Å². The number of nitrogens with one attached hydrogen (secondary N) is 1. The first-order valence-electron chi connectivity index (χ1n) is 6.87. The van der Waals surface area contributed by atoms with Crippen LogP contribution < -0.4 is 5.32 Å². The zero-order valence-electron chi connectivity index (χ0n) is 11.2. The lowest BCUT2D eigenvalue weighted by Crippen LogP contribution is -2.50. The molecule has 2 fully saturated rings. The summed E-state index contributed by atoms with van der Waals surface area (Å²) in [5.74, 6) is 0.231. The van der Waals surface area contributed by atoms with Gasteiger partial charge in [0.25, 0.3) is 0 Å². The van der Waals surface area contributed by atoms with Crippen LogP contribution in [0.4, 0.5) is 0 Å². The second-order valence-corrected chi connectivity index (χ2v) is 5.57. The maximum Gasteiger partial charge on any atom is 0.226 e. The molecule has 0 aromatic rings. The third-order valence-corrected chi connectivity index (χ3v) is 3.98. The van der Waals surface area contributed by atoms with Crippen LogP contribution >= 0.6 is 0 Å². The Labute approximate surface area is 108 Å². The third kappa shape index (κ3) is 3.43. The molecule has 18 heavy (non-hydrogen) atoms. The number of carbonyl (C=O) groups excluding carboxylic acids is 1. The summed E-state index contributed by atoms with van der Waals surface area (Å²) in [6.07, 6.45) is 3.25. The molecule has 0 spiro atoms. The number of nitrogens with zero attached hydrogens (tertiary/aromatic N) is 1. The molecule has 5 heteroatoms. The Morgan fingerprint density at radius 3 is 2.83 bits per heavy atom. The highest BCUT2D eigenvalue weighted by molar-refractivity contribution is 5.79. The van der Waals surface area contributed by atoms with Crippen molar-refractivity contribution >= 4 is 5.91 Å². The lowest BCUT2D eigenvalue weighted by Gasteiger charge is -2.37. The van der Waals surface area contributed by atoms with Gasteiger partial charge in [0.15, 0.2) is 0 Å². The molecule has 5 nitrogen and oxygen atoms in total. The van der Waals surface area contributed by atoms with Gasteiger partial charge < -0.3 is 20.1 Å². The van der Waals surface area contributed by atoms with Gasteiger partial charge in [0, 0.05) is 46.2 Å². The summed E-state index contributed by atoms with van der Waals surface area (Å²) in [6, 6.07) is 0. The number of rotatable bonds is 3. The van der Waals surface area contributed by atoms with Crippen molar-refractivity contribution in [2.24, 2.45) is 5.92 Å². The standard InChI is InChI=1S/C13H24N2O3/c1-15(10-13(17)4-7-18-8-5-13)12(16)11-3-2-6-14-9-11/h11,14,17H,2-10H2,1H3/t11-/m1/s1. The van der Waals surface area contributed by atoms with Crippen LogP contribution in [0.5, 0.6) is 0 Å². The van der Waals surface area contributed by atoms with Gasteiger partial charge in [-0.15, -0.1) is 0 Å². The molecule has 1 atom stereocenters. The van der Waals surface area contributed by atoms with Gasteiger partial charge in [-0.3, -0.25) is 4.79 Å². The predicted octanol–water partition coefficient (Wildman–Crippen LogP) is -0.0141. The number of aliphatic hydroxyl groups is 1. The molecule has 1 amide bonds. The molecule has 0 bridgehead atoms. The van der Waals surface area contributed by atoms with E-state index in [1.165, 1.54) is 0 Å². The smallest absolute Gasteiger partial charge is 0.226 e. The molecule has 2 heterocycles. The quantitative estimate of drug-likeness (QED) is 0.745. The van der Waals surface area contributed by atoms with Crippen molar-refractivity contribution < 1.29 is 14.6 Å². The van der Waals surface area contributed by atoms with Crippen molar-refractivity contribution in [2.45, 2.75) is 31.3 Å². The molecular formula is C13H24N2O3. The summed E-state index contributed by atoms with van der Waals surface area (Å²) in [4.78, 5) is 14.0. The summed E-state index contributed by atoms with van der Waals surface area (Å²) >= 11 is 0. The number of carbonyl (C=O) groups is 1. The van der Waals surface area contributed by atoms with Gasteiger partial charge in [0.2, 0.25) is 5.91 Å². The zero-order chi connectivity index (χ0) is 13.0. The SMILES string of the molecule is CN(CC1(O)CCOCC1)C(=O)[C@@H]1CCCNC1. The monoisotopic (exact) mass is 256 g/mol. The van der Waals surface area contributed by atoms with Gasteiger partial charge >= 0.3 is 0 Å². The lowest BCUT2D eigenvalue weighted by molar-refractivity contribution is -0.141. The van der Waals surface area contributed by atoms with E-state index in [0.29, 0.717) is 32.6 Å². The molecule has 0 unspecified atom stereocenters. The predicted molar refractivity (Wildman–Crippen MR) is 68.2 cm³/mol. The van der Waals surface area contributed by atoms with E-state index < -0.39 is 5.60 Å². The Morgan fingerprint density at radius 2 is 2.22 bits per heavy atom. The number of ether oxygens (including phenoxy) is 1. The fourth-order valence-corrected chi connectivity index (χ4v) is 2.80. The summed E-state index contributed by atoms with van der Waals surface area (Å²) < 4.78 is 5.25. The minimum absolute atomic E-state index is 0.0761. The van der Waals surface area contributed by atoms with Crippen LogP contribution in [-0.2, 0) is 9.53 Å². The molecule has 0 aromatic carbocycles. The minimum atomic E-state index is -0.759. The number of likely N-dealkylation sites (N-methyl/N-ethyl adjacent to an activating group) is 1. The highest BCUT2D eigenvalue weighted by atomic mass is 16.5. The van der Waals surface area contributed by atoms with E-state index in [4.69, 9.17) is 4.74 Å². The molecule has 104 valence electrons. The fourth-order valence-electron chi connectivity index (χ4n) is 2.80. The molecule has 2 aliphatic rings. The maximum absolute atomic E-state index is 12.3. The third-order valence-electron chi connectivity index (χ3n) is 3.98. The molecule has 2 saturated heterocycles. The van der Waals surface area contributed by atoms with Crippen LogP contribution in [0.15, 0.2) is 0 Å². The number of amides is 1. The van der Waals surface area contributed by atoms with Crippen LogP contribution in [0.3, 0.4) is 0 Å². The van der Waals surface area contributed by atoms with Crippen LogP contribution in [0.2, 0.25) is 0 Å². The molecular weight excluding hydrogens is 232 g/mol. The number of hydrogen-bond donors (Lipinski definition) is 2. The van der Waals surface area contributed by atoms with E-state index in [-0.39, 0.29) is 11.8 Å². The highest BCUT2D eigenvalue weighted by Gasteiger charge is 2.34. The lowest BCUT2D eigenvalue weighted by atomic mass is 9.92. The van der Waals surface area contributed by atoms with E-state index in [2.05, 4.69) is 5.32 Å². The van der Waals surface area contributed by atoms with E-state index in [1.807, 2.05) is 0 Å². The Kier molecular flexibility index (Phi) is 4.59. The minimum Gasteiger partial charge on any atom is -0.388 e. The largest absolute Gasteiger partial charge is 0.388 e. The second kappa shape index (κ2) is 5.99. The molecule has 2 N–H and O–H groups in total.